The van der Waals surface area contributed by atoms with Crippen LogP contribution in [0.5, 0.6) is 0 Å². The SMILES string of the molecule is Cc1ccc(-n2c3ccccc3c3cc4ccccc4cc32)cc1. The first kappa shape index (κ1) is 13.4. The van der Waals surface area contributed by atoms with E-state index in [2.05, 4.69) is 96.4 Å². The second kappa shape index (κ2) is 4.97. The molecule has 0 saturated carbocycles. The molecule has 0 atom stereocenters. The summed E-state index contributed by atoms with van der Waals surface area (Å²) < 4.78 is 2.37. The molecule has 24 heavy (non-hydrogen) atoms. The summed E-state index contributed by atoms with van der Waals surface area (Å²) in [6.45, 7) is 2.13. The van der Waals surface area contributed by atoms with Gasteiger partial charge in [0.1, 0.15) is 0 Å². The van der Waals surface area contributed by atoms with Crippen molar-refractivity contribution < 1.29 is 0 Å². The zero-order valence-corrected chi connectivity index (χ0v) is 13.5. The van der Waals surface area contributed by atoms with E-state index in [0.29, 0.717) is 0 Å². The summed E-state index contributed by atoms with van der Waals surface area (Å²) in [4.78, 5) is 0. The molecule has 0 fully saturated rings. The molecule has 0 aliphatic carbocycles. The number of rotatable bonds is 1. The van der Waals surface area contributed by atoms with Gasteiger partial charge in [-0.15, -0.1) is 0 Å². The maximum Gasteiger partial charge on any atom is 0.0547 e. The lowest BCUT2D eigenvalue weighted by molar-refractivity contribution is 1.18. The molecule has 0 amide bonds. The minimum Gasteiger partial charge on any atom is -0.309 e. The quantitative estimate of drug-likeness (QED) is 0.345. The van der Waals surface area contributed by atoms with Gasteiger partial charge in [0, 0.05) is 16.5 Å². The van der Waals surface area contributed by atoms with Gasteiger partial charge in [-0.05, 0) is 48.0 Å². The van der Waals surface area contributed by atoms with E-state index in [1.165, 1.54) is 43.8 Å². The van der Waals surface area contributed by atoms with Gasteiger partial charge in [-0.1, -0.05) is 60.2 Å². The molecule has 1 heterocycles. The van der Waals surface area contributed by atoms with Crippen molar-refractivity contribution in [1.29, 1.82) is 0 Å². The summed E-state index contributed by atoms with van der Waals surface area (Å²) >= 11 is 0. The van der Waals surface area contributed by atoms with E-state index in [1.54, 1.807) is 0 Å². The molecule has 4 aromatic carbocycles. The second-order valence-corrected chi connectivity index (χ2v) is 6.40. The standard InChI is InChI=1S/C23H17N/c1-16-10-12-19(13-11-16)24-22-9-5-4-8-20(22)21-14-17-6-2-3-7-18(17)15-23(21)24/h2-15H,1H3. The largest absolute Gasteiger partial charge is 0.309 e. The highest BCUT2D eigenvalue weighted by Gasteiger charge is 2.12. The zero-order chi connectivity index (χ0) is 16.1. The monoisotopic (exact) mass is 307 g/mol. The van der Waals surface area contributed by atoms with Crippen LogP contribution in [0.15, 0.2) is 84.9 Å². The van der Waals surface area contributed by atoms with E-state index in [1.807, 2.05) is 0 Å². The van der Waals surface area contributed by atoms with Gasteiger partial charge in [-0.3, -0.25) is 0 Å². The summed E-state index contributed by atoms with van der Waals surface area (Å²) in [6, 6.07) is 30.6. The Balaban J connectivity index is 1.99. The maximum atomic E-state index is 2.37. The fourth-order valence-electron chi connectivity index (χ4n) is 3.63. The van der Waals surface area contributed by atoms with Crippen LogP contribution in [0, 0.1) is 6.92 Å². The predicted molar refractivity (Wildman–Crippen MR) is 103 cm³/mol. The van der Waals surface area contributed by atoms with Gasteiger partial charge in [-0.2, -0.15) is 0 Å². The third-order valence-electron chi connectivity index (χ3n) is 4.83. The number of fused-ring (bicyclic) bond motifs is 4. The smallest absolute Gasteiger partial charge is 0.0547 e. The average Bonchev–Trinajstić information content (AvgIpc) is 2.94. The molecule has 1 aromatic heterocycles. The van der Waals surface area contributed by atoms with Crippen molar-refractivity contribution >= 4 is 32.6 Å². The molecular formula is C23H17N. The van der Waals surface area contributed by atoms with Crippen LogP contribution in [0.3, 0.4) is 0 Å². The first-order valence-corrected chi connectivity index (χ1v) is 8.30. The maximum absolute atomic E-state index is 2.37. The van der Waals surface area contributed by atoms with Gasteiger partial charge >= 0.3 is 0 Å². The molecular weight excluding hydrogens is 290 g/mol. The molecule has 0 aliphatic heterocycles. The summed E-state index contributed by atoms with van der Waals surface area (Å²) in [5.74, 6) is 0. The molecule has 0 radical (unpaired) electrons. The van der Waals surface area contributed by atoms with Crippen molar-refractivity contribution in [2.24, 2.45) is 0 Å². The Labute approximate surface area is 140 Å². The Hall–Kier alpha value is -3.06. The molecule has 114 valence electrons. The molecule has 0 spiro atoms. The first-order chi connectivity index (χ1) is 11.8. The number of para-hydroxylation sites is 1. The van der Waals surface area contributed by atoms with E-state index in [9.17, 15) is 0 Å². The Bertz CT molecular complexity index is 1190. The van der Waals surface area contributed by atoms with Gasteiger partial charge in [-0.25, -0.2) is 0 Å². The number of aromatic nitrogens is 1. The van der Waals surface area contributed by atoms with Gasteiger partial charge in [0.15, 0.2) is 0 Å². The normalized spacial score (nSPS) is 11.5. The second-order valence-electron chi connectivity index (χ2n) is 6.40. The van der Waals surface area contributed by atoms with E-state index in [-0.39, 0.29) is 0 Å². The summed E-state index contributed by atoms with van der Waals surface area (Å²) in [6.07, 6.45) is 0. The van der Waals surface area contributed by atoms with Crippen LogP contribution in [-0.2, 0) is 0 Å². The highest BCUT2D eigenvalue weighted by atomic mass is 15.0. The van der Waals surface area contributed by atoms with E-state index in [4.69, 9.17) is 0 Å². The molecule has 1 heteroatoms. The summed E-state index contributed by atoms with van der Waals surface area (Å²) in [7, 11) is 0. The van der Waals surface area contributed by atoms with Gasteiger partial charge in [0.25, 0.3) is 0 Å². The molecule has 5 rings (SSSR count). The highest BCUT2D eigenvalue weighted by Crippen LogP contribution is 2.34. The lowest BCUT2D eigenvalue weighted by Gasteiger charge is -2.08. The van der Waals surface area contributed by atoms with E-state index < -0.39 is 0 Å². The topological polar surface area (TPSA) is 4.93 Å². The third kappa shape index (κ3) is 1.88. The van der Waals surface area contributed by atoms with Crippen LogP contribution in [-0.4, -0.2) is 4.57 Å². The van der Waals surface area contributed by atoms with Crippen LogP contribution in [0.4, 0.5) is 0 Å². The Morgan fingerprint density at radius 2 is 1.25 bits per heavy atom. The van der Waals surface area contributed by atoms with Gasteiger partial charge < -0.3 is 4.57 Å². The number of benzene rings is 4. The van der Waals surface area contributed by atoms with Crippen LogP contribution < -0.4 is 0 Å². The minimum atomic E-state index is 1.21. The molecule has 0 aliphatic rings. The van der Waals surface area contributed by atoms with Crippen molar-refractivity contribution in [2.75, 3.05) is 0 Å². The minimum absolute atomic E-state index is 1.21. The highest BCUT2D eigenvalue weighted by molar-refractivity contribution is 6.13. The number of aryl methyl sites for hydroxylation is 1. The molecule has 1 nitrogen and oxygen atoms in total. The van der Waals surface area contributed by atoms with E-state index >= 15 is 0 Å². The molecule has 0 N–H and O–H groups in total. The Kier molecular flexibility index (Phi) is 2.77. The van der Waals surface area contributed by atoms with Crippen molar-refractivity contribution in [1.82, 2.24) is 4.57 Å². The molecule has 0 unspecified atom stereocenters. The number of hydrogen-bond acceptors (Lipinski definition) is 0. The van der Waals surface area contributed by atoms with Crippen LogP contribution >= 0.6 is 0 Å². The molecule has 0 bridgehead atoms. The number of hydrogen-bond donors (Lipinski definition) is 0. The van der Waals surface area contributed by atoms with Crippen LogP contribution in [0.1, 0.15) is 5.56 Å². The van der Waals surface area contributed by atoms with E-state index in [0.717, 1.165) is 0 Å². The first-order valence-electron chi connectivity index (χ1n) is 8.30. The van der Waals surface area contributed by atoms with Crippen molar-refractivity contribution in [3.63, 3.8) is 0 Å². The molecule has 5 aromatic rings. The summed E-state index contributed by atoms with van der Waals surface area (Å²) in [5.41, 5.74) is 5.01. The lowest BCUT2D eigenvalue weighted by atomic mass is 10.1. The van der Waals surface area contributed by atoms with Crippen LogP contribution in [0.2, 0.25) is 0 Å². The van der Waals surface area contributed by atoms with Gasteiger partial charge in [0.2, 0.25) is 0 Å². The molecule has 0 saturated heterocycles. The van der Waals surface area contributed by atoms with Gasteiger partial charge in [0.05, 0.1) is 11.0 Å². The lowest BCUT2D eigenvalue weighted by Crippen LogP contribution is -1.93. The zero-order valence-electron chi connectivity index (χ0n) is 13.5. The van der Waals surface area contributed by atoms with Crippen molar-refractivity contribution in [2.45, 2.75) is 6.92 Å². The van der Waals surface area contributed by atoms with Crippen molar-refractivity contribution in [3.05, 3.63) is 90.5 Å². The average molecular weight is 307 g/mol. The fraction of sp³-hybridized carbons (Fsp3) is 0.0435. The van der Waals surface area contributed by atoms with Crippen molar-refractivity contribution in [3.8, 4) is 5.69 Å². The third-order valence-corrected chi connectivity index (χ3v) is 4.83. The predicted octanol–water partition coefficient (Wildman–Crippen LogP) is 6.25. The number of nitrogens with zero attached hydrogens (tertiary/aromatic N) is 1. The summed E-state index contributed by atoms with van der Waals surface area (Å²) in [5, 5.41) is 5.18. The fourth-order valence-corrected chi connectivity index (χ4v) is 3.63. The van der Waals surface area contributed by atoms with Crippen LogP contribution in [0.25, 0.3) is 38.3 Å². The Morgan fingerprint density at radius 1 is 0.583 bits per heavy atom. The Morgan fingerprint density at radius 3 is 2.04 bits per heavy atom.